The van der Waals surface area contributed by atoms with E-state index in [1.54, 1.807) is 26.0 Å². The van der Waals surface area contributed by atoms with Crippen LogP contribution < -0.4 is 10.5 Å². The number of hydrogen-bond donors (Lipinski definition) is 2. The van der Waals surface area contributed by atoms with Crippen molar-refractivity contribution in [1.82, 2.24) is 9.71 Å². The highest BCUT2D eigenvalue weighted by Gasteiger charge is 2.20. The molecule has 2 aromatic rings. The third-order valence-electron chi connectivity index (χ3n) is 2.82. The van der Waals surface area contributed by atoms with Gasteiger partial charge < -0.3 is 10.2 Å². The Morgan fingerprint density at radius 2 is 2.10 bits per heavy atom. The van der Waals surface area contributed by atoms with Crippen LogP contribution in [-0.4, -0.2) is 18.4 Å². The minimum atomic E-state index is -3.70. The van der Waals surface area contributed by atoms with E-state index in [1.165, 1.54) is 18.3 Å². The van der Waals surface area contributed by atoms with Crippen molar-refractivity contribution in [3.05, 3.63) is 47.7 Å². The summed E-state index contributed by atoms with van der Waals surface area (Å²) in [7, 11) is -3.70. The summed E-state index contributed by atoms with van der Waals surface area (Å²) >= 11 is 4.77. The second kappa shape index (κ2) is 5.92. The molecule has 112 valence electrons. The number of aryl methyl sites for hydroxylation is 1. The van der Waals surface area contributed by atoms with Crippen LogP contribution in [0.25, 0.3) is 0 Å². The molecule has 0 amide bonds. The molecule has 8 heteroatoms. The number of thiocarbonyl (C=S) groups is 1. The van der Waals surface area contributed by atoms with Gasteiger partial charge >= 0.3 is 0 Å². The van der Waals surface area contributed by atoms with Crippen LogP contribution in [0.5, 0.6) is 0 Å². The Labute approximate surface area is 128 Å². The van der Waals surface area contributed by atoms with Gasteiger partial charge in [-0.25, -0.2) is 13.1 Å². The van der Waals surface area contributed by atoms with Gasteiger partial charge in [0.05, 0.1) is 11.7 Å². The molecule has 0 spiro atoms. The maximum atomic E-state index is 12.2. The number of hydrogen-bond acceptors (Lipinski definition) is 5. The van der Waals surface area contributed by atoms with Gasteiger partial charge in [0.2, 0.25) is 10.0 Å². The van der Waals surface area contributed by atoms with Crippen LogP contribution in [0.3, 0.4) is 0 Å². The Kier molecular flexibility index (Phi) is 4.40. The minimum absolute atomic E-state index is 0.0395. The molecule has 2 rings (SSSR count). The molecule has 0 aliphatic rings. The molecular formula is C13H15N3O3S2. The van der Waals surface area contributed by atoms with Crippen molar-refractivity contribution in [2.24, 2.45) is 5.73 Å². The van der Waals surface area contributed by atoms with Gasteiger partial charge in [-0.1, -0.05) is 12.2 Å². The third-order valence-corrected chi connectivity index (χ3v) is 4.55. The molecule has 0 fully saturated rings. The van der Waals surface area contributed by atoms with Gasteiger partial charge in [-0.15, -0.1) is 0 Å². The van der Waals surface area contributed by atoms with Crippen LogP contribution in [0.2, 0.25) is 0 Å². The lowest BCUT2D eigenvalue weighted by Crippen LogP contribution is -2.27. The standard InChI is InChI=1S/C13H15N3O3S2/c1-8-3-6-12(19-8)9(2)16-21(17,18)10-4-5-11(13(14)20)15-7-10/h3-7,9,16H,1-2H3,(H2,14,20). The summed E-state index contributed by atoms with van der Waals surface area (Å²) in [6, 6.07) is 5.90. The monoisotopic (exact) mass is 325 g/mol. The Hall–Kier alpha value is -1.77. The van der Waals surface area contributed by atoms with Crippen LogP contribution in [0.4, 0.5) is 0 Å². The summed E-state index contributed by atoms with van der Waals surface area (Å²) in [6.45, 7) is 3.50. The largest absolute Gasteiger partial charge is 0.465 e. The molecular weight excluding hydrogens is 310 g/mol. The van der Waals surface area contributed by atoms with Crippen molar-refractivity contribution in [3.8, 4) is 0 Å². The maximum Gasteiger partial charge on any atom is 0.242 e. The first-order valence-electron chi connectivity index (χ1n) is 6.14. The first-order chi connectivity index (χ1) is 9.79. The van der Waals surface area contributed by atoms with Crippen LogP contribution in [0.15, 0.2) is 39.8 Å². The van der Waals surface area contributed by atoms with Crippen molar-refractivity contribution in [3.63, 3.8) is 0 Å². The molecule has 1 unspecified atom stereocenters. The van der Waals surface area contributed by atoms with Crippen molar-refractivity contribution in [1.29, 1.82) is 0 Å². The van der Waals surface area contributed by atoms with E-state index < -0.39 is 16.1 Å². The molecule has 21 heavy (non-hydrogen) atoms. The fraction of sp³-hybridized carbons (Fsp3) is 0.231. The predicted octanol–water partition coefficient (Wildman–Crippen LogP) is 1.66. The molecule has 0 aliphatic heterocycles. The lowest BCUT2D eigenvalue weighted by atomic mass is 10.3. The summed E-state index contributed by atoms with van der Waals surface area (Å²) in [5.74, 6) is 1.27. The number of nitrogens with zero attached hydrogens (tertiary/aromatic N) is 1. The third kappa shape index (κ3) is 3.66. The van der Waals surface area contributed by atoms with E-state index in [2.05, 4.69) is 9.71 Å². The number of nitrogens with two attached hydrogens (primary N) is 1. The van der Waals surface area contributed by atoms with Gasteiger partial charge in [0.1, 0.15) is 21.4 Å². The molecule has 2 aromatic heterocycles. The fourth-order valence-electron chi connectivity index (χ4n) is 1.73. The lowest BCUT2D eigenvalue weighted by molar-refractivity contribution is 0.441. The summed E-state index contributed by atoms with van der Waals surface area (Å²) in [5.41, 5.74) is 5.80. The zero-order valence-corrected chi connectivity index (χ0v) is 13.2. The lowest BCUT2D eigenvalue weighted by Gasteiger charge is -2.12. The zero-order valence-electron chi connectivity index (χ0n) is 11.5. The first kappa shape index (κ1) is 15.6. The van der Waals surface area contributed by atoms with Gasteiger partial charge in [0.15, 0.2) is 0 Å². The molecule has 3 N–H and O–H groups in total. The van der Waals surface area contributed by atoms with E-state index in [0.717, 1.165) is 5.76 Å². The fourth-order valence-corrected chi connectivity index (χ4v) is 3.01. The average Bonchev–Trinajstić information content (AvgIpc) is 2.85. The highest BCUT2D eigenvalue weighted by molar-refractivity contribution is 7.89. The smallest absolute Gasteiger partial charge is 0.242 e. The molecule has 0 bridgehead atoms. The van der Waals surface area contributed by atoms with Gasteiger partial charge in [-0.3, -0.25) is 4.98 Å². The van der Waals surface area contributed by atoms with Crippen LogP contribution in [-0.2, 0) is 10.0 Å². The van der Waals surface area contributed by atoms with E-state index in [0.29, 0.717) is 11.5 Å². The summed E-state index contributed by atoms with van der Waals surface area (Å²) in [4.78, 5) is 4.08. The van der Waals surface area contributed by atoms with E-state index in [1.807, 2.05) is 0 Å². The number of sulfonamides is 1. The first-order valence-corrected chi connectivity index (χ1v) is 8.03. The Morgan fingerprint density at radius 3 is 2.57 bits per heavy atom. The number of aromatic nitrogens is 1. The second-order valence-corrected chi connectivity index (χ2v) is 6.69. The average molecular weight is 325 g/mol. The zero-order chi connectivity index (χ0) is 15.6. The van der Waals surface area contributed by atoms with E-state index in [9.17, 15) is 8.42 Å². The Bertz CT molecular complexity index is 751. The van der Waals surface area contributed by atoms with Crippen molar-refractivity contribution in [2.45, 2.75) is 24.8 Å². The number of rotatable bonds is 5. The molecule has 0 aromatic carbocycles. The van der Waals surface area contributed by atoms with E-state index in [-0.39, 0.29) is 9.88 Å². The SMILES string of the molecule is Cc1ccc(C(C)NS(=O)(=O)c2ccc(C(N)=S)nc2)o1. The number of furan rings is 1. The van der Waals surface area contributed by atoms with E-state index >= 15 is 0 Å². The molecule has 0 saturated carbocycles. The van der Waals surface area contributed by atoms with Crippen LogP contribution in [0, 0.1) is 6.92 Å². The van der Waals surface area contributed by atoms with Crippen molar-refractivity contribution < 1.29 is 12.8 Å². The topological polar surface area (TPSA) is 98.2 Å². The van der Waals surface area contributed by atoms with Crippen LogP contribution in [0.1, 0.15) is 30.2 Å². The molecule has 0 aliphatic carbocycles. The molecule has 1 atom stereocenters. The molecule has 6 nitrogen and oxygen atoms in total. The van der Waals surface area contributed by atoms with Crippen LogP contribution >= 0.6 is 12.2 Å². The Balaban J connectivity index is 2.19. The van der Waals surface area contributed by atoms with E-state index in [4.69, 9.17) is 22.4 Å². The summed E-state index contributed by atoms with van der Waals surface area (Å²) in [6.07, 6.45) is 1.22. The summed E-state index contributed by atoms with van der Waals surface area (Å²) < 4.78 is 32.4. The van der Waals surface area contributed by atoms with Crippen molar-refractivity contribution in [2.75, 3.05) is 0 Å². The quantitative estimate of drug-likeness (QED) is 0.811. The minimum Gasteiger partial charge on any atom is -0.465 e. The highest BCUT2D eigenvalue weighted by Crippen LogP contribution is 2.18. The Morgan fingerprint density at radius 1 is 1.38 bits per heavy atom. The molecule has 2 heterocycles. The van der Waals surface area contributed by atoms with Gasteiger partial charge in [-0.2, -0.15) is 0 Å². The number of pyridine rings is 1. The predicted molar refractivity (Wildman–Crippen MR) is 82.3 cm³/mol. The van der Waals surface area contributed by atoms with Crippen molar-refractivity contribution >= 4 is 27.2 Å². The highest BCUT2D eigenvalue weighted by atomic mass is 32.2. The maximum absolute atomic E-state index is 12.2. The normalized spacial score (nSPS) is 13.0. The summed E-state index contributed by atoms with van der Waals surface area (Å²) in [5, 5.41) is 0. The number of nitrogens with one attached hydrogen (secondary N) is 1. The van der Waals surface area contributed by atoms with Gasteiger partial charge in [-0.05, 0) is 38.1 Å². The van der Waals surface area contributed by atoms with Gasteiger partial charge in [0, 0.05) is 6.20 Å². The van der Waals surface area contributed by atoms with Gasteiger partial charge in [0.25, 0.3) is 0 Å². The molecule has 0 radical (unpaired) electrons. The molecule has 0 saturated heterocycles. The second-order valence-electron chi connectivity index (χ2n) is 4.53.